The summed E-state index contributed by atoms with van der Waals surface area (Å²) in [7, 11) is 0. The zero-order valence-electron chi connectivity index (χ0n) is 30.5. The fourth-order valence-electron chi connectivity index (χ4n) is 5.12. The highest BCUT2D eigenvalue weighted by Gasteiger charge is 2.49. The van der Waals surface area contributed by atoms with Crippen molar-refractivity contribution in [3.8, 4) is 11.8 Å². The van der Waals surface area contributed by atoms with Gasteiger partial charge in [0.25, 0.3) is 0 Å². The van der Waals surface area contributed by atoms with Crippen molar-refractivity contribution in [3.63, 3.8) is 0 Å². The summed E-state index contributed by atoms with van der Waals surface area (Å²) in [5, 5.41) is 2.74. The van der Waals surface area contributed by atoms with Gasteiger partial charge in [-0.15, -0.1) is 24.2 Å². The second-order valence-electron chi connectivity index (χ2n) is 11.5. The highest BCUT2D eigenvalue weighted by atomic mass is 35.5. The fourth-order valence-corrected chi connectivity index (χ4v) is 5.12. The van der Waals surface area contributed by atoms with Gasteiger partial charge in [-0.3, -0.25) is 0 Å². The van der Waals surface area contributed by atoms with Crippen molar-refractivity contribution >= 4 is 18.5 Å². The predicted molar refractivity (Wildman–Crippen MR) is 191 cm³/mol. The summed E-state index contributed by atoms with van der Waals surface area (Å²) in [4.78, 5) is 11.9. The number of carbonyl (C=O) groups is 1. The van der Waals surface area contributed by atoms with Crippen LogP contribution in [0.4, 0.5) is 4.79 Å². The average Bonchev–Trinajstić information content (AvgIpc) is 3.77. The highest BCUT2D eigenvalue weighted by molar-refractivity contribution is 5.85. The van der Waals surface area contributed by atoms with E-state index in [0.717, 1.165) is 25.7 Å². The van der Waals surface area contributed by atoms with E-state index in [1.54, 1.807) is 0 Å². The van der Waals surface area contributed by atoms with Crippen LogP contribution in [-0.4, -0.2) is 171 Å². The fraction of sp³-hybridized carbons (Fsp3) is 0.914. The number of amides is 1. The summed E-state index contributed by atoms with van der Waals surface area (Å²) in [6.07, 6.45) is 3.79. The second-order valence-corrected chi connectivity index (χ2v) is 11.5. The van der Waals surface area contributed by atoms with Crippen molar-refractivity contribution in [2.75, 3.05) is 165 Å². The molecule has 15 nitrogen and oxygen atoms in total. The topological polar surface area (TPSA) is 166 Å². The predicted octanol–water partition coefficient (Wildman–Crippen LogP) is 1.72. The molecule has 16 heteroatoms. The first-order chi connectivity index (χ1) is 24.8. The maximum absolute atomic E-state index is 11.9. The molecule has 2 aliphatic rings. The molecule has 0 heterocycles. The SMILES string of the molecule is Cl.NCCOCCOCCOCCOCCOCCOCCOCCOCCOCCOCCOCCNC(=O)OCC1[C@H]2CCC#CCC[C@@H]12. The molecular weight excluding hydrogens is 692 g/mol. The van der Waals surface area contributed by atoms with Crippen LogP contribution in [0.15, 0.2) is 0 Å². The Bertz CT molecular complexity index is 821. The van der Waals surface area contributed by atoms with Gasteiger partial charge in [0.2, 0.25) is 0 Å². The van der Waals surface area contributed by atoms with Crippen LogP contribution in [-0.2, 0) is 56.8 Å². The molecule has 3 N–H and O–H groups in total. The van der Waals surface area contributed by atoms with E-state index >= 15 is 0 Å². The molecule has 0 aromatic rings. The quantitative estimate of drug-likeness (QED) is 0.0695. The van der Waals surface area contributed by atoms with Crippen molar-refractivity contribution in [1.29, 1.82) is 0 Å². The third-order valence-corrected chi connectivity index (χ3v) is 7.74. The summed E-state index contributed by atoms with van der Waals surface area (Å²) in [5.74, 6) is 8.24. The summed E-state index contributed by atoms with van der Waals surface area (Å²) >= 11 is 0. The van der Waals surface area contributed by atoms with E-state index in [1.807, 2.05) is 0 Å². The number of carbonyl (C=O) groups excluding carboxylic acids is 1. The summed E-state index contributed by atoms with van der Waals surface area (Å²) in [5.41, 5.74) is 5.33. The number of alkyl carbamates (subject to hydrolysis) is 1. The van der Waals surface area contributed by atoms with E-state index in [9.17, 15) is 4.79 Å². The van der Waals surface area contributed by atoms with Crippen LogP contribution < -0.4 is 11.1 Å². The Hall–Kier alpha value is -1.36. The molecule has 2 aliphatic carbocycles. The molecule has 0 aliphatic heterocycles. The molecule has 0 radical (unpaired) electrons. The number of hydrogen-bond donors (Lipinski definition) is 2. The minimum atomic E-state index is -0.380. The lowest BCUT2D eigenvalue weighted by atomic mass is 10.1. The van der Waals surface area contributed by atoms with Crippen molar-refractivity contribution in [1.82, 2.24) is 5.32 Å². The van der Waals surface area contributed by atoms with E-state index < -0.39 is 0 Å². The van der Waals surface area contributed by atoms with E-state index in [0.29, 0.717) is 183 Å². The number of fused-ring (bicyclic) bond motifs is 1. The van der Waals surface area contributed by atoms with Crippen molar-refractivity contribution in [3.05, 3.63) is 0 Å². The molecule has 3 atom stereocenters. The van der Waals surface area contributed by atoms with Crippen molar-refractivity contribution < 1.29 is 61.6 Å². The lowest BCUT2D eigenvalue weighted by Gasteiger charge is -2.09. The maximum atomic E-state index is 11.9. The largest absolute Gasteiger partial charge is 0.449 e. The maximum Gasteiger partial charge on any atom is 0.407 e. The van der Waals surface area contributed by atoms with Gasteiger partial charge in [0.05, 0.1) is 152 Å². The Balaban J connectivity index is 0.0000130. The van der Waals surface area contributed by atoms with Gasteiger partial charge in [0.15, 0.2) is 0 Å². The monoisotopic (exact) mass is 756 g/mol. The molecule has 0 aromatic carbocycles. The highest BCUT2D eigenvalue weighted by Crippen LogP contribution is 2.52. The zero-order chi connectivity index (χ0) is 35.4. The van der Waals surface area contributed by atoms with Gasteiger partial charge in [-0.05, 0) is 30.6 Å². The summed E-state index contributed by atoms with van der Waals surface area (Å²) in [6.45, 7) is 12.4. The molecule has 1 saturated carbocycles. The van der Waals surface area contributed by atoms with Crippen molar-refractivity contribution in [2.24, 2.45) is 23.5 Å². The van der Waals surface area contributed by atoms with Crippen LogP contribution in [0.1, 0.15) is 25.7 Å². The second kappa shape index (κ2) is 37.0. The average molecular weight is 757 g/mol. The Kier molecular flexibility index (Phi) is 34.6. The van der Waals surface area contributed by atoms with Crippen LogP contribution in [0.3, 0.4) is 0 Å². The molecular formula is C35H65ClN2O13. The standard InChI is InChI=1S/C35H64N2O13.ClH/c36-7-9-39-11-13-41-15-17-43-19-21-45-23-25-47-27-29-49-30-28-48-26-24-46-22-20-44-18-16-42-14-12-40-10-8-37-35(38)50-31-34-32-5-3-1-2-4-6-33(32)34;/h32-34H,3-31,36H2,(H,37,38);1H/t32-,33+,34?;. The molecule has 51 heavy (non-hydrogen) atoms. The van der Waals surface area contributed by atoms with Gasteiger partial charge in [-0.1, -0.05) is 0 Å². The first-order valence-electron chi connectivity index (χ1n) is 18.2. The number of hydrogen-bond acceptors (Lipinski definition) is 14. The first-order valence-corrected chi connectivity index (χ1v) is 18.2. The molecule has 300 valence electrons. The molecule has 0 bridgehead atoms. The minimum absolute atomic E-state index is 0. The van der Waals surface area contributed by atoms with E-state index in [-0.39, 0.29) is 18.5 Å². The zero-order valence-corrected chi connectivity index (χ0v) is 31.3. The van der Waals surface area contributed by atoms with E-state index in [4.69, 9.17) is 62.6 Å². The number of rotatable bonds is 37. The van der Waals surface area contributed by atoms with Gasteiger partial charge in [-0.2, -0.15) is 0 Å². The summed E-state index contributed by atoms with van der Waals surface area (Å²) in [6, 6.07) is 0. The van der Waals surface area contributed by atoms with Crippen LogP contribution in [0.5, 0.6) is 0 Å². The molecule has 2 rings (SSSR count). The third kappa shape index (κ3) is 29.7. The molecule has 1 unspecified atom stereocenters. The number of ether oxygens (including phenoxy) is 12. The number of halogens is 1. The lowest BCUT2D eigenvalue weighted by molar-refractivity contribution is -0.0274. The van der Waals surface area contributed by atoms with Gasteiger partial charge in [0, 0.05) is 25.9 Å². The Morgan fingerprint density at radius 2 is 0.784 bits per heavy atom. The van der Waals surface area contributed by atoms with Crippen LogP contribution >= 0.6 is 12.4 Å². The molecule has 0 spiro atoms. The Morgan fingerprint density at radius 1 is 0.490 bits per heavy atom. The molecule has 1 amide bonds. The molecule has 0 saturated heterocycles. The van der Waals surface area contributed by atoms with Crippen molar-refractivity contribution in [2.45, 2.75) is 25.7 Å². The first kappa shape index (κ1) is 47.7. The Labute approximate surface area is 311 Å². The van der Waals surface area contributed by atoms with E-state index in [1.165, 1.54) is 0 Å². The third-order valence-electron chi connectivity index (χ3n) is 7.74. The van der Waals surface area contributed by atoms with E-state index in [2.05, 4.69) is 17.2 Å². The molecule has 0 aromatic heterocycles. The number of nitrogens with two attached hydrogens (primary N) is 1. The van der Waals surface area contributed by atoms with Gasteiger partial charge in [0.1, 0.15) is 0 Å². The van der Waals surface area contributed by atoms with Crippen LogP contribution in [0.25, 0.3) is 0 Å². The lowest BCUT2D eigenvalue weighted by Crippen LogP contribution is -2.29. The Morgan fingerprint density at radius 3 is 1.10 bits per heavy atom. The normalized spacial score (nSPS) is 17.8. The smallest absolute Gasteiger partial charge is 0.407 e. The van der Waals surface area contributed by atoms with Crippen LogP contribution in [0, 0.1) is 29.6 Å². The van der Waals surface area contributed by atoms with Gasteiger partial charge < -0.3 is 67.9 Å². The molecule has 1 fully saturated rings. The van der Waals surface area contributed by atoms with Gasteiger partial charge in [-0.25, -0.2) is 4.79 Å². The summed E-state index contributed by atoms with van der Waals surface area (Å²) < 4.78 is 65.2. The minimum Gasteiger partial charge on any atom is -0.449 e. The van der Waals surface area contributed by atoms with Crippen LogP contribution in [0.2, 0.25) is 0 Å². The van der Waals surface area contributed by atoms with Gasteiger partial charge >= 0.3 is 6.09 Å². The number of nitrogens with one attached hydrogen (secondary N) is 1.